The van der Waals surface area contributed by atoms with Gasteiger partial charge in [-0.15, -0.1) is 0 Å². The SMILES string of the molecule is CC(O)CCNC(=O)Cc1cc2ccccc2[nH]c1=O. The van der Waals surface area contributed by atoms with Crippen LogP contribution in [-0.2, 0) is 11.2 Å². The van der Waals surface area contributed by atoms with Gasteiger partial charge in [-0.05, 0) is 30.9 Å². The van der Waals surface area contributed by atoms with Gasteiger partial charge in [-0.25, -0.2) is 0 Å². The van der Waals surface area contributed by atoms with Crippen LogP contribution in [0.5, 0.6) is 0 Å². The van der Waals surface area contributed by atoms with Crippen molar-refractivity contribution in [3.05, 3.63) is 46.2 Å². The van der Waals surface area contributed by atoms with E-state index >= 15 is 0 Å². The summed E-state index contributed by atoms with van der Waals surface area (Å²) in [5, 5.41) is 12.7. The third kappa shape index (κ3) is 3.68. The minimum absolute atomic E-state index is 0.0416. The summed E-state index contributed by atoms with van der Waals surface area (Å²) < 4.78 is 0. The Morgan fingerprint density at radius 3 is 2.90 bits per heavy atom. The van der Waals surface area contributed by atoms with E-state index in [4.69, 9.17) is 5.11 Å². The molecule has 0 saturated heterocycles. The zero-order valence-electron chi connectivity index (χ0n) is 11.3. The first-order valence-corrected chi connectivity index (χ1v) is 6.62. The zero-order valence-corrected chi connectivity index (χ0v) is 11.3. The summed E-state index contributed by atoms with van der Waals surface area (Å²) in [4.78, 5) is 26.4. The van der Waals surface area contributed by atoms with Gasteiger partial charge in [0.2, 0.25) is 5.91 Å². The maximum absolute atomic E-state index is 11.9. The number of nitrogens with one attached hydrogen (secondary N) is 2. The number of carbonyl (C=O) groups excluding carboxylic acids is 1. The van der Waals surface area contributed by atoms with Gasteiger partial charge < -0.3 is 15.4 Å². The van der Waals surface area contributed by atoms with Crippen molar-refractivity contribution < 1.29 is 9.90 Å². The molecule has 1 atom stereocenters. The molecule has 0 bridgehead atoms. The average Bonchev–Trinajstić information content (AvgIpc) is 2.39. The molecule has 1 aromatic carbocycles. The van der Waals surface area contributed by atoms with Crippen molar-refractivity contribution in [2.45, 2.75) is 25.9 Å². The standard InChI is InChI=1S/C15H18N2O3/c1-10(18)6-7-16-14(19)9-12-8-11-4-2-3-5-13(11)17-15(12)20/h2-5,8,10,18H,6-7,9H2,1H3,(H,16,19)(H,17,20). The van der Waals surface area contributed by atoms with Crippen LogP contribution in [0, 0.1) is 0 Å². The molecule has 0 fully saturated rings. The average molecular weight is 274 g/mol. The van der Waals surface area contributed by atoms with E-state index in [0.717, 1.165) is 10.9 Å². The normalized spacial score (nSPS) is 12.3. The molecule has 106 valence electrons. The first-order valence-electron chi connectivity index (χ1n) is 6.62. The molecule has 2 aromatic rings. The molecule has 1 unspecified atom stereocenters. The number of para-hydroxylation sites is 1. The van der Waals surface area contributed by atoms with Gasteiger partial charge >= 0.3 is 0 Å². The largest absolute Gasteiger partial charge is 0.393 e. The van der Waals surface area contributed by atoms with Gasteiger partial charge in [-0.3, -0.25) is 9.59 Å². The second kappa shape index (κ2) is 6.34. The number of hydrogen-bond donors (Lipinski definition) is 3. The Morgan fingerprint density at radius 2 is 2.15 bits per heavy atom. The first-order chi connectivity index (χ1) is 9.56. The van der Waals surface area contributed by atoms with Crippen molar-refractivity contribution in [1.29, 1.82) is 0 Å². The quantitative estimate of drug-likeness (QED) is 0.759. The van der Waals surface area contributed by atoms with Crippen LogP contribution < -0.4 is 10.9 Å². The number of benzene rings is 1. The van der Waals surface area contributed by atoms with E-state index in [1.165, 1.54) is 0 Å². The summed E-state index contributed by atoms with van der Waals surface area (Å²) >= 11 is 0. The third-order valence-electron chi connectivity index (χ3n) is 3.07. The fraction of sp³-hybridized carbons (Fsp3) is 0.333. The number of aliphatic hydroxyl groups excluding tert-OH is 1. The van der Waals surface area contributed by atoms with Gasteiger partial charge in [0.15, 0.2) is 0 Å². The van der Waals surface area contributed by atoms with Crippen molar-refractivity contribution >= 4 is 16.8 Å². The highest BCUT2D eigenvalue weighted by Gasteiger charge is 2.08. The molecule has 20 heavy (non-hydrogen) atoms. The fourth-order valence-corrected chi connectivity index (χ4v) is 1.98. The predicted molar refractivity (Wildman–Crippen MR) is 77.6 cm³/mol. The number of carbonyl (C=O) groups is 1. The number of aliphatic hydroxyl groups is 1. The van der Waals surface area contributed by atoms with Gasteiger partial charge in [-0.2, -0.15) is 0 Å². The Balaban J connectivity index is 2.07. The molecule has 1 heterocycles. The van der Waals surface area contributed by atoms with Gasteiger partial charge in [0.25, 0.3) is 5.56 Å². The maximum Gasteiger partial charge on any atom is 0.252 e. The van der Waals surface area contributed by atoms with E-state index < -0.39 is 6.10 Å². The molecule has 0 aliphatic rings. The lowest BCUT2D eigenvalue weighted by Gasteiger charge is -2.07. The van der Waals surface area contributed by atoms with E-state index in [0.29, 0.717) is 18.5 Å². The van der Waals surface area contributed by atoms with Crippen molar-refractivity contribution in [2.24, 2.45) is 0 Å². The molecule has 3 N–H and O–H groups in total. The van der Waals surface area contributed by atoms with Crippen LogP contribution in [0.4, 0.5) is 0 Å². The predicted octanol–water partition coefficient (Wildman–Crippen LogP) is 0.958. The van der Waals surface area contributed by atoms with Gasteiger partial charge in [0.05, 0.1) is 12.5 Å². The van der Waals surface area contributed by atoms with E-state index in [1.807, 2.05) is 24.3 Å². The number of rotatable bonds is 5. The number of aromatic amines is 1. The summed E-state index contributed by atoms with van der Waals surface area (Å²) in [5.41, 5.74) is 0.961. The molecule has 0 aliphatic carbocycles. The molecule has 0 saturated carbocycles. The van der Waals surface area contributed by atoms with Crippen LogP contribution in [0.15, 0.2) is 35.1 Å². The van der Waals surface area contributed by atoms with Crippen LogP contribution in [0.25, 0.3) is 10.9 Å². The van der Waals surface area contributed by atoms with E-state index in [-0.39, 0.29) is 17.9 Å². The molecule has 0 spiro atoms. The number of amides is 1. The topological polar surface area (TPSA) is 82.2 Å². The van der Waals surface area contributed by atoms with Crippen LogP contribution in [-0.4, -0.2) is 28.6 Å². The zero-order chi connectivity index (χ0) is 14.5. The number of fused-ring (bicyclic) bond motifs is 1. The molecular formula is C15H18N2O3. The Hall–Kier alpha value is -2.14. The lowest BCUT2D eigenvalue weighted by molar-refractivity contribution is -0.120. The molecule has 0 radical (unpaired) electrons. The van der Waals surface area contributed by atoms with Crippen molar-refractivity contribution in [3.8, 4) is 0 Å². The van der Waals surface area contributed by atoms with Crippen LogP contribution >= 0.6 is 0 Å². The number of pyridine rings is 1. The summed E-state index contributed by atoms with van der Waals surface area (Å²) in [6, 6.07) is 9.18. The van der Waals surface area contributed by atoms with Gasteiger partial charge in [0, 0.05) is 17.6 Å². The van der Waals surface area contributed by atoms with Crippen LogP contribution in [0.2, 0.25) is 0 Å². The number of aromatic nitrogens is 1. The molecule has 2 rings (SSSR count). The van der Waals surface area contributed by atoms with E-state index in [2.05, 4.69) is 10.3 Å². The summed E-state index contributed by atoms with van der Waals surface area (Å²) in [6.07, 6.45) is 0.0964. The van der Waals surface area contributed by atoms with Crippen LogP contribution in [0.1, 0.15) is 18.9 Å². The second-order valence-electron chi connectivity index (χ2n) is 4.88. The minimum atomic E-state index is -0.445. The van der Waals surface area contributed by atoms with Crippen molar-refractivity contribution in [2.75, 3.05) is 6.54 Å². The third-order valence-corrected chi connectivity index (χ3v) is 3.07. The summed E-state index contributed by atoms with van der Waals surface area (Å²) in [7, 11) is 0. The first kappa shape index (κ1) is 14.3. The highest BCUT2D eigenvalue weighted by molar-refractivity contribution is 5.82. The van der Waals surface area contributed by atoms with Crippen molar-refractivity contribution in [3.63, 3.8) is 0 Å². The molecule has 5 nitrogen and oxygen atoms in total. The fourth-order valence-electron chi connectivity index (χ4n) is 1.98. The molecule has 1 amide bonds. The minimum Gasteiger partial charge on any atom is -0.393 e. The van der Waals surface area contributed by atoms with Gasteiger partial charge in [0.1, 0.15) is 0 Å². The maximum atomic E-state index is 11.9. The highest BCUT2D eigenvalue weighted by atomic mass is 16.3. The second-order valence-corrected chi connectivity index (χ2v) is 4.88. The highest BCUT2D eigenvalue weighted by Crippen LogP contribution is 2.10. The Morgan fingerprint density at radius 1 is 1.40 bits per heavy atom. The summed E-state index contributed by atoms with van der Waals surface area (Å²) in [6.45, 7) is 2.07. The Kier molecular flexibility index (Phi) is 4.53. The Labute approximate surface area is 116 Å². The van der Waals surface area contributed by atoms with Crippen LogP contribution in [0.3, 0.4) is 0 Å². The lowest BCUT2D eigenvalue weighted by Crippen LogP contribution is -2.29. The lowest BCUT2D eigenvalue weighted by atomic mass is 10.1. The molecule has 1 aromatic heterocycles. The molecule has 5 heteroatoms. The number of H-pyrrole nitrogens is 1. The van der Waals surface area contributed by atoms with E-state index in [9.17, 15) is 9.59 Å². The number of hydrogen-bond acceptors (Lipinski definition) is 3. The monoisotopic (exact) mass is 274 g/mol. The van der Waals surface area contributed by atoms with Gasteiger partial charge in [-0.1, -0.05) is 18.2 Å². The Bertz CT molecular complexity index is 661. The van der Waals surface area contributed by atoms with E-state index in [1.54, 1.807) is 13.0 Å². The summed E-state index contributed by atoms with van der Waals surface area (Å²) in [5.74, 6) is -0.216. The van der Waals surface area contributed by atoms with Crippen molar-refractivity contribution in [1.82, 2.24) is 10.3 Å². The smallest absolute Gasteiger partial charge is 0.252 e. The molecular weight excluding hydrogens is 256 g/mol. The molecule has 0 aliphatic heterocycles.